The molecule has 0 unspecified atom stereocenters. The molecule has 25 heavy (non-hydrogen) atoms. The maximum Gasteiger partial charge on any atom is 0.311 e. The number of carbonyl (C=O) groups excluding carboxylic acids is 2. The molecule has 0 fully saturated rings. The van der Waals surface area contributed by atoms with E-state index < -0.39 is 12.1 Å². The van der Waals surface area contributed by atoms with Gasteiger partial charge in [-0.1, -0.05) is 35.9 Å². The molecule has 6 heteroatoms. The van der Waals surface area contributed by atoms with Crippen LogP contribution in [0.2, 0.25) is 5.02 Å². The number of nitrogens with one attached hydrogen (secondary N) is 1. The van der Waals surface area contributed by atoms with Crippen molar-refractivity contribution in [1.82, 2.24) is 5.32 Å². The summed E-state index contributed by atoms with van der Waals surface area (Å²) in [6, 6.07) is 12.9. The van der Waals surface area contributed by atoms with Crippen molar-refractivity contribution < 1.29 is 18.7 Å². The van der Waals surface area contributed by atoms with Crippen LogP contribution in [0, 0.1) is 5.82 Å². The van der Waals surface area contributed by atoms with Crippen molar-refractivity contribution in [2.24, 2.45) is 0 Å². The van der Waals surface area contributed by atoms with Crippen LogP contribution in [0.4, 0.5) is 4.39 Å². The van der Waals surface area contributed by atoms with E-state index in [-0.39, 0.29) is 18.1 Å². The molecule has 2 rings (SSSR count). The number of ether oxygens (including phenoxy) is 1. The van der Waals surface area contributed by atoms with Gasteiger partial charge in [-0.2, -0.15) is 0 Å². The molecule has 0 saturated heterocycles. The van der Waals surface area contributed by atoms with Gasteiger partial charge < -0.3 is 10.1 Å². The molecule has 4 nitrogen and oxygen atoms in total. The van der Waals surface area contributed by atoms with E-state index in [1.165, 1.54) is 19.1 Å². The number of amides is 1. The van der Waals surface area contributed by atoms with Crippen molar-refractivity contribution in [3.05, 3.63) is 70.5 Å². The largest absolute Gasteiger partial charge is 0.452 e. The Bertz CT molecular complexity index is 716. The summed E-state index contributed by atoms with van der Waals surface area (Å²) in [7, 11) is 0. The molecule has 132 valence electrons. The molecule has 0 saturated carbocycles. The summed E-state index contributed by atoms with van der Waals surface area (Å²) in [6.07, 6.45) is -0.241. The maximum absolute atomic E-state index is 12.8. The number of benzene rings is 2. The zero-order chi connectivity index (χ0) is 18.2. The van der Waals surface area contributed by atoms with Crippen molar-refractivity contribution in [1.29, 1.82) is 0 Å². The third kappa shape index (κ3) is 6.55. The van der Waals surface area contributed by atoms with Gasteiger partial charge in [0.05, 0.1) is 6.42 Å². The Morgan fingerprint density at radius 3 is 2.32 bits per heavy atom. The van der Waals surface area contributed by atoms with Gasteiger partial charge in [0.25, 0.3) is 5.91 Å². The molecule has 0 aliphatic heterocycles. The van der Waals surface area contributed by atoms with Crippen molar-refractivity contribution in [3.63, 3.8) is 0 Å². The number of rotatable bonds is 7. The summed E-state index contributed by atoms with van der Waals surface area (Å²) in [5.41, 5.74) is 1.67. The molecule has 1 N–H and O–H groups in total. The molecule has 1 amide bonds. The summed E-state index contributed by atoms with van der Waals surface area (Å²) in [5.74, 6) is -1.15. The highest BCUT2D eigenvalue weighted by atomic mass is 35.5. The van der Waals surface area contributed by atoms with Crippen LogP contribution in [0.15, 0.2) is 48.5 Å². The third-order valence-corrected chi connectivity index (χ3v) is 3.82. The van der Waals surface area contributed by atoms with Crippen LogP contribution in [0.3, 0.4) is 0 Å². The average molecular weight is 364 g/mol. The topological polar surface area (TPSA) is 55.4 Å². The van der Waals surface area contributed by atoms with Gasteiger partial charge in [-0.15, -0.1) is 0 Å². The molecule has 0 bridgehead atoms. The number of hydrogen-bond acceptors (Lipinski definition) is 3. The standard InChI is InChI=1S/C19H19ClFNO3/c1-13(25-18(23)12-15-2-6-16(20)7-3-15)19(24)22-11-10-14-4-8-17(21)9-5-14/h2-9,13H,10-12H2,1H3,(H,22,24)/t13-/m1/s1. The Morgan fingerprint density at radius 1 is 1.08 bits per heavy atom. The molecule has 0 heterocycles. The van der Waals surface area contributed by atoms with Gasteiger partial charge in [-0.05, 0) is 48.7 Å². The molecule has 1 atom stereocenters. The van der Waals surface area contributed by atoms with E-state index in [9.17, 15) is 14.0 Å². The third-order valence-electron chi connectivity index (χ3n) is 3.57. The Hall–Kier alpha value is -2.40. The highest BCUT2D eigenvalue weighted by Crippen LogP contribution is 2.10. The van der Waals surface area contributed by atoms with Gasteiger partial charge in [-0.3, -0.25) is 9.59 Å². The lowest BCUT2D eigenvalue weighted by atomic mass is 10.1. The minimum atomic E-state index is -0.881. The molecular weight excluding hydrogens is 345 g/mol. The second kappa shape index (κ2) is 9.18. The lowest BCUT2D eigenvalue weighted by molar-refractivity contribution is -0.154. The van der Waals surface area contributed by atoms with E-state index in [2.05, 4.69) is 5.32 Å². The smallest absolute Gasteiger partial charge is 0.311 e. The SMILES string of the molecule is C[C@@H](OC(=O)Cc1ccc(Cl)cc1)C(=O)NCCc1ccc(F)cc1. The Balaban J connectivity index is 1.72. The van der Waals surface area contributed by atoms with Crippen LogP contribution in [0.25, 0.3) is 0 Å². The number of esters is 1. The van der Waals surface area contributed by atoms with E-state index in [0.29, 0.717) is 18.0 Å². The van der Waals surface area contributed by atoms with Crippen LogP contribution in [0.5, 0.6) is 0 Å². The van der Waals surface area contributed by atoms with E-state index in [1.54, 1.807) is 36.4 Å². The normalized spacial score (nSPS) is 11.6. The van der Waals surface area contributed by atoms with E-state index >= 15 is 0 Å². The fourth-order valence-electron chi connectivity index (χ4n) is 2.19. The van der Waals surface area contributed by atoms with Gasteiger partial charge in [0.1, 0.15) is 5.82 Å². The first-order chi connectivity index (χ1) is 11.9. The van der Waals surface area contributed by atoms with E-state index in [4.69, 9.17) is 16.3 Å². The molecule has 2 aromatic rings. The summed E-state index contributed by atoms with van der Waals surface area (Å²) < 4.78 is 17.9. The highest BCUT2D eigenvalue weighted by Gasteiger charge is 2.17. The zero-order valence-electron chi connectivity index (χ0n) is 13.8. The fourth-order valence-corrected chi connectivity index (χ4v) is 2.31. The van der Waals surface area contributed by atoms with Gasteiger partial charge in [0.15, 0.2) is 6.10 Å². The molecule has 0 aromatic heterocycles. The summed E-state index contributed by atoms with van der Waals surface area (Å²) in [5, 5.41) is 3.28. The second-order valence-corrected chi connectivity index (χ2v) is 6.04. The monoisotopic (exact) mass is 363 g/mol. The Labute approximate surface area is 150 Å². The summed E-state index contributed by atoms with van der Waals surface area (Å²) in [4.78, 5) is 23.8. The van der Waals surface area contributed by atoms with Crippen LogP contribution in [-0.2, 0) is 27.2 Å². The molecule has 0 aliphatic carbocycles. The number of halogens is 2. The van der Waals surface area contributed by atoms with E-state index in [0.717, 1.165) is 11.1 Å². The predicted octanol–water partition coefficient (Wildman–Crippen LogP) is 3.31. The van der Waals surface area contributed by atoms with Crippen LogP contribution < -0.4 is 5.32 Å². The molecule has 0 spiro atoms. The van der Waals surface area contributed by atoms with Crippen molar-refractivity contribution in [2.75, 3.05) is 6.54 Å². The Morgan fingerprint density at radius 2 is 1.68 bits per heavy atom. The minimum Gasteiger partial charge on any atom is -0.452 e. The Kier molecular flexibility index (Phi) is 6.95. The fraction of sp³-hybridized carbons (Fsp3) is 0.263. The van der Waals surface area contributed by atoms with Gasteiger partial charge in [0.2, 0.25) is 0 Å². The number of carbonyl (C=O) groups is 2. The predicted molar refractivity (Wildman–Crippen MR) is 93.8 cm³/mol. The molecule has 0 radical (unpaired) electrons. The quantitative estimate of drug-likeness (QED) is 0.768. The van der Waals surface area contributed by atoms with Gasteiger partial charge in [0, 0.05) is 11.6 Å². The first-order valence-corrected chi connectivity index (χ1v) is 8.28. The molecule has 2 aromatic carbocycles. The van der Waals surface area contributed by atoms with Crippen LogP contribution >= 0.6 is 11.6 Å². The van der Waals surface area contributed by atoms with E-state index in [1.807, 2.05) is 0 Å². The minimum absolute atomic E-state index is 0.0738. The lowest BCUT2D eigenvalue weighted by Crippen LogP contribution is -2.37. The highest BCUT2D eigenvalue weighted by molar-refractivity contribution is 6.30. The first-order valence-electron chi connectivity index (χ1n) is 7.90. The lowest BCUT2D eigenvalue weighted by Gasteiger charge is -2.13. The first kappa shape index (κ1) is 18.9. The maximum atomic E-state index is 12.8. The number of hydrogen-bond donors (Lipinski definition) is 1. The van der Waals surface area contributed by atoms with Crippen molar-refractivity contribution in [2.45, 2.75) is 25.9 Å². The van der Waals surface area contributed by atoms with Crippen molar-refractivity contribution in [3.8, 4) is 0 Å². The summed E-state index contributed by atoms with van der Waals surface area (Å²) in [6.45, 7) is 1.90. The molecular formula is C19H19ClFNO3. The van der Waals surface area contributed by atoms with Crippen molar-refractivity contribution >= 4 is 23.5 Å². The molecule has 0 aliphatic rings. The van der Waals surface area contributed by atoms with Crippen LogP contribution in [-0.4, -0.2) is 24.5 Å². The van der Waals surface area contributed by atoms with Gasteiger partial charge >= 0.3 is 5.97 Å². The zero-order valence-corrected chi connectivity index (χ0v) is 14.6. The van der Waals surface area contributed by atoms with Crippen LogP contribution in [0.1, 0.15) is 18.1 Å². The summed E-state index contributed by atoms with van der Waals surface area (Å²) >= 11 is 5.79. The van der Waals surface area contributed by atoms with Gasteiger partial charge in [-0.25, -0.2) is 4.39 Å². The average Bonchev–Trinajstić information content (AvgIpc) is 2.58. The second-order valence-electron chi connectivity index (χ2n) is 5.60.